The summed E-state index contributed by atoms with van der Waals surface area (Å²) >= 11 is 0. The zero-order chi connectivity index (χ0) is 20.2. The predicted molar refractivity (Wildman–Crippen MR) is 99.0 cm³/mol. The van der Waals surface area contributed by atoms with E-state index in [2.05, 4.69) is 5.32 Å². The lowest BCUT2D eigenvalue weighted by Crippen LogP contribution is -2.53. The highest BCUT2D eigenvalue weighted by Gasteiger charge is 2.36. The Kier molecular flexibility index (Phi) is 6.57. The summed E-state index contributed by atoms with van der Waals surface area (Å²) in [5.74, 6) is -0.372. The molecule has 1 saturated heterocycles. The normalized spacial score (nSPS) is 20.7. The molecule has 27 heavy (non-hydrogen) atoms. The van der Waals surface area contributed by atoms with Crippen LogP contribution in [0.25, 0.3) is 0 Å². The molecule has 1 aliphatic rings. The highest BCUT2D eigenvalue weighted by atomic mass is 32.2. The maximum absolute atomic E-state index is 13.5. The van der Waals surface area contributed by atoms with Crippen molar-refractivity contribution in [3.05, 3.63) is 30.3 Å². The van der Waals surface area contributed by atoms with Gasteiger partial charge in [0, 0.05) is 25.6 Å². The highest BCUT2D eigenvalue weighted by Crippen LogP contribution is 2.20. The summed E-state index contributed by atoms with van der Waals surface area (Å²) in [7, 11) is -2.16. The summed E-state index contributed by atoms with van der Waals surface area (Å²) in [5, 5.41) is 12.1. The smallest absolute Gasteiger partial charge is 0.242 e. The quantitative estimate of drug-likeness (QED) is 0.746. The Morgan fingerprint density at radius 3 is 2.63 bits per heavy atom. The molecule has 1 aromatic carbocycles. The van der Waals surface area contributed by atoms with Gasteiger partial charge in [0.1, 0.15) is 12.2 Å². The molecule has 0 unspecified atom stereocenters. The standard InChI is InChI=1S/C18H25FN4O3S/c1-18(2,13-22(3)27(25,26)16-7-5-4-6-8-16)21-11-17(24)23-12-14(19)9-15(23)10-20/h4-8,14-15,21H,9,11-13H2,1-3H3/t14-,15-/m0/s1. The molecule has 0 aliphatic carbocycles. The van der Waals surface area contributed by atoms with E-state index < -0.39 is 27.8 Å². The minimum Gasteiger partial charge on any atom is -0.323 e. The van der Waals surface area contributed by atoms with Crippen LogP contribution in [0.15, 0.2) is 35.2 Å². The van der Waals surface area contributed by atoms with Gasteiger partial charge in [-0.1, -0.05) is 18.2 Å². The van der Waals surface area contributed by atoms with E-state index in [1.165, 1.54) is 28.4 Å². The maximum atomic E-state index is 13.5. The van der Waals surface area contributed by atoms with Gasteiger partial charge < -0.3 is 10.2 Å². The SMILES string of the molecule is CN(CC(C)(C)NCC(=O)N1C[C@@H](F)C[C@H]1C#N)S(=O)(=O)c1ccccc1. The second kappa shape index (κ2) is 8.33. The largest absolute Gasteiger partial charge is 0.323 e. The van der Waals surface area contributed by atoms with Gasteiger partial charge in [0.2, 0.25) is 15.9 Å². The van der Waals surface area contributed by atoms with Crippen molar-refractivity contribution in [2.75, 3.05) is 26.7 Å². The average Bonchev–Trinajstić information content (AvgIpc) is 3.01. The number of rotatable bonds is 7. The van der Waals surface area contributed by atoms with Gasteiger partial charge in [0.15, 0.2) is 0 Å². The van der Waals surface area contributed by atoms with Crippen molar-refractivity contribution in [1.82, 2.24) is 14.5 Å². The van der Waals surface area contributed by atoms with Crippen molar-refractivity contribution in [2.45, 2.75) is 42.9 Å². The van der Waals surface area contributed by atoms with Crippen LogP contribution in [-0.2, 0) is 14.8 Å². The molecule has 1 fully saturated rings. The Hall–Kier alpha value is -2.02. The minimum atomic E-state index is -3.64. The number of hydrogen-bond donors (Lipinski definition) is 1. The van der Waals surface area contributed by atoms with Gasteiger partial charge in [-0.2, -0.15) is 9.57 Å². The average molecular weight is 396 g/mol. The fraction of sp³-hybridized carbons (Fsp3) is 0.556. The molecule has 0 aromatic heterocycles. The number of sulfonamides is 1. The van der Waals surface area contributed by atoms with Crippen LogP contribution in [-0.4, -0.2) is 68.0 Å². The zero-order valence-corrected chi connectivity index (χ0v) is 16.5. The number of halogens is 1. The molecule has 1 N–H and O–H groups in total. The van der Waals surface area contributed by atoms with E-state index in [1.54, 1.807) is 32.0 Å². The lowest BCUT2D eigenvalue weighted by molar-refractivity contribution is -0.130. The number of amides is 1. The third-order valence-electron chi connectivity index (χ3n) is 4.51. The number of alkyl halides is 1. The lowest BCUT2D eigenvalue weighted by Gasteiger charge is -2.31. The molecule has 2 atom stereocenters. The Morgan fingerprint density at radius 2 is 2.04 bits per heavy atom. The first-order chi connectivity index (χ1) is 12.6. The number of carbonyl (C=O) groups excluding carboxylic acids is 1. The van der Waals surface area contributed by atoms with E-state index in [0.717, 1.165) is 0 Å². The third kappa shape index (κ3) is 5.25. The maximum Gasteiger partial charge on any atom is 0.242 e. The number of nitrogens with one attached hydrogen (secondary N) is 1. The molecule has 7 nitrogen and oxygen atoms in total. The first-order valence-corrected chi connectivity index (χ1v) is 10.1. The van der Waals surface area contributed by atoms with Gasteiger partial charge in [-0.25, -0.2) is 12.8 Å². The van der Waals surface area contributed by atoms with Crippen LogP contribution in [0.1, 0.15) is 20.3 Å². The number of carbonyl (C=O) groups is 1. The highest BCUT2D eigenvalue weighted by molar-refractivity contribution is 7.89. The van der Waals surface area contributed by atoms with Gasteiger partial charge in [0.25, 0.3) is 0 Å². The van der Waals surface area contributed by atoms with E-state index in [0.29, 0.717) is 0 Å². The topological polar surface area (TPSA) is 93.5 Å². The molecule has 148 valence electrons. The van der Waals surface area contributed by atoms with E-state index in [9.17, 15) is 17.6 Å². The number of nitriles is 1. The number of likely N-dealkylation sites (N-methyl/N-ethyl adjacent to an activating group) is 1. The van der Waals surface area contributed by atoms with Crippen LogP contribution < -0.4 is 5.32 Å². The fourth-order valence-electron chi connectivity index (χ4n) is 3.07. The molecule has 1 heterocycles. The molecule has 1 aromatic rings. The first-order valence-electron chi connectivity index (χ1n) is 8.66. The summed E-state index contributed by atoms with van der Waals surface area (Å²) in [4.78, 5) is 13.8. The molecular formula is C18H25FN4O3S. The van der Waals surface area contributed by atoms with E-state index in [-0.39, 0.29) is 36.9 Å². The first kappa shape index (κ1) is 21.3. The van der Waals surface area contributed by atoms with E-state index >= 15 is 0 Å². The molecule has 1 amide bonds. The van der Waals surface area contributed by atoms with Gasteiger partial charge in [-0.15, -0.1) is 0 Å². The summed E-state index contributed by atoms with van der Waals surface area (Å²) in [6.07, 6.45) is -1.15. The van der Waals surface area contributed by atoms with Gasteiger partial charge in [-0.05, 0) is 26.0 Å². The summed E-state index contributed by atoms with van der Waals surface area (Å²) in [6, 6.07) is 9.30. The molecule has 0 spiro atoms. The number of likely N-dealkylation sites (tertiary alicyclic amines) is 1. The molecule has 2 rings (SSSR count). The van der Waals surface area contributed by atoms with Crippen molar-refractivity contribution in [3.8, 4) is 6.07 Å². The zero-order valence-electron chi connectivity index (χ0n) is 15.7. The number of nitrogens with zero attached hydrogens (tertiary/aromatic N) is 3. The summed E-state index contributed by atoms with van der Waals surface area (Å²) in [5.41, 5.74) is -0.705. The van der Waals surface area contributed by atoms with E-state index in [4.69, 9.17) is 5.26 Å². The second-order valence-electron chi connectivity index (χ2n) is 7.34. The Morgan fingerprint density at radius 1 is 1.41 bits per heavy atom. The Labute approximate surface area is 159 Å². The van der Waals surface area contributed by atoms with Crippen molar-refractivity contribution in [2.24, 2.45) is 0 Å². The lowest BCUT2D eigenvalue weighted by atomic mass is 10.1. The molecule has 0 bridgehead atoms. The van der Waals surface area contributed by atoms with Crippen molar-refractivity contribution >= 4 is 15.9 Å². The van der Waals surface area contributed by atoms with Crippen LogP contribution in [0.3, 0.4) is 0 Å². The third-order valence-corrected chi connectivity index (χ3v) is 6.32. The minimum absolute atomic E-state index is 0.0314. The van der Waals surface area contributed by atoms with Crippen LogP contribution in [0.2, 0.25) is 0 Å². The molecule has 1 aliphatic heterocycles. The van der Waals surface area contributed by atoms with Crippen LogP contribution in [0.4, 0.5) is 4.39 Å². The predicted octanol–water partition coefficient (Wildman–Crippen LogP) is 1.14. The number of hydrogen-bond acceptors (Lipinski definition) is 5. The molecule has 0 radical (unpaired) electrons. The Balaban J connectivity index is 1.96. The summed E-state index contributed by atoms with van der Waals surface area (Å²) < 4.78 is 39.9. The van der Waals surface area contributed by atoms with Gasteiger partial charge in [0.05, 0.1) is 24.1 Å². The van der Waals surface area contributed by atoms with Crippen molar-refractivity contribution < 1.29 is 17.6 Å². The summed E-state index contributed by atoms with van der Waals surface area (Å²) in [6.45, 7) is 3.51. The van der Waals surface area contributed by atoms with Gasteiger partial charge in [-0.3, -0.25) is 4.79 Å². The van der Waals surface area contributed by atoms with Crippen LogP contribution in [0.5, 0.6) is 0 Å². The van der Waals surface area contributed by atoms with Crippen molar-refractivity contribution in [1.29, 1.82) is 5.26 Å². The molecule has 0 saturated carbocycles. The molecule has 9 heteroatoms. The number of benzene rings is 1. The van der Waals surface area contributed by atoms with E-state index in [1.807, 2.05) is 6.07 Å². The fourth-order valence-corrected chi connectivity index (χ4v) is 4.42. The second-order valence-corrected chi connectivity index (χ2v) is 9.38. The monoisotopic (exact) mass is 396 g/mol. The Bertz CT molecular complexity index is 808. The van der Waals surface area contributed by atoms with Crippen LogP contribution in [0, 0.1) is 11.3 Å². The van der Waals surface area contributed by atoms with Crippen molar-refractivity contribution in [3.63, 3.8) is 0 Å². The van der Waals surface area contributed by atoms with Gasteiger partial charge >= 0.3 is 0 Å². The van der Waals surface area contributed by atoms with Crippen LogP contribution >= 0.6 is 0 Å². The molecular weight excluding hydrogens is 371 g/mol.